The maximum absolute atomic E-state index is 12.2. The van der Waals surface area contributed by atoms with Gasteiger partial charge in [0, 0.05) is 37.4 Å². The fourth-order valence-electron chi connectivity index (χ4n) is 3.06. The van der Waals surface area contributed by atoms with Crippen molar-refractivity contribution in [2.24, 2.45) is 5.10 Å². The van der Waals surface area contributed by atoms with Gasteiger partial charge in [0.1, 0.15) is 5.75 Å². The number of anilines is 1. The Bertz CT molecular complexity index is 648. The summed E-state index contributed by atoms with van der Waals surface area (Å²) in [4.78, 5) is 27.9. The molecular formula is C19H28N4O3. The van der Waals surface area contributed by atoms with Crippen LogP contribution in [0.15, 0.2) is 23.3 Å². The zero-order valence-electron chi connectivity index (χ0n) is 15.6. The maximum Gasteiger partial charge on any atom is 0.329 e. The second-order valence-electron chi connectivity index (χ2n) is 6.32. The smallest absolute Gasteiger partial charge is 0.329 e. The van der Waals surface area contributed by atoms with E-state index >= 15 is 0 Å². The van der Waals surface area contributed by atoms with E-state index in [4.69, 9.17) is 0 Å². The van der Waals surface area contributed by atoms with Gasteiger partial charge in [0.2, 0.25) is 0 Å². The highest BCUT2D eigenvalue weighted by molar-refractivity contribution is 6.35. The third-order valence-corrected chi connectivity index (χ3v) is 4.60. The van der Waals surface area contributed by atoms with Crippen LogP contribution < -0.4 is 10.3 Å². The van der Waals surface area contributed by atoms with Crippen molar-refractivity contribution < 1.29 is 14.7 Å². The quantitative estimate of drug-likeness (QED) is 0.478. The molecule has 7 nitrogen and oxygen atoms in total. The molecule has 1 aliphatic rings. The maximum atomic E-state index is 12.2. The molecule has 1 heterocycles. The van der Waals surface area contributed by atoms with E-state index in [1.54, 1.807) is 17.0 Å². The number of phenols is 1. The molecule has 26 heavy (non-hydrogen) atoms. The first-order chi connectivity index (χ1) is 12.6. The number of aromatic hydroxyl groups is 1. The largest absolute Gasteiger partial charge is 0.507 e. The highest BCUT2D eigenvalue weighted by atomic mass is 16.3. The Kier molecular flexibility index (Phi) is 7.44. The average molecular weight is 360 g/mol. The summed E-state index contributed by atoms with van der Waals surface area (Å²) in [6.45, 7) is 7.03. The molecule has 0 radical (unpaired) electrons. The van der Waals surface area contributed by atoms with Gasteiger partial charge in [0.15, 0.2) is 0 Å². The van der Waals surface area contributed by atoms with E-state index in [-0.39, 0.29) is 5.75 Å². The monoisotopic (exact) mass is 360 g/mol. The molecule has 0 aliphatic carbocycles. The predicted octanol–water partition coefficient (Wildman–Crippen LogP) is 2.09. The number of hydrogen-bond acceptors (Lipinski definition) is 5. The van der Waals surface area contributed by atoms with E-state index in [1.807, 2.05) is 6.07 Å². The Morgan fingerprint density at radius 2 is 1.85 bits per heavy atom. The van der Waals surface area contributed by atoms with Crippen LogP contribution in [0.5, 0.6) is 5.75 Å². The van der Waals surface area contributed by atoms with Crippen molar-refractivity contribution in [1.82, 2.24) is 10.3 Å². The van der Waals surface area contributed by atoms with Crippen LogP contribution >= 0.6 is 0 Å². The van der Waals surface area contributed by atoms with Gasteiger partial charge in [-0.25, -0.2) is 5.43 Å². The lowest BCUT2D eigenvalue weighted by atomic mass is 10.1. The Labute approximate surface area is 154 Å². The summed E-state index contributed by atoms with van der Waals surface area (Å²) in [6, 6.07) is 5.23. The van der Waals surface area contributed by atoms with Gasteiger partial charge in [-0.2, -0.15) is 5.10 Å². The molecule has 7 heteroatoms. The van der Waals surface area contributed by atoms with Gasteiger partial charge in [-0.3, -0.25) is 9.59 Å². The normalized spacial score (nSPS) is 14.9. The highest BCUT2D eigenvalue weighted by Crippen LogP contribution is 2.22. The molecule has 2 amide bonds. The zero-order valence-corrected chi connectivity index (χ0v) is 15.6. The molecule has 0 saturated carbocycles. The minimum absolute atomic E-state index is 0.0674. The lowest BCUT2D eigenvalue weighted by molar-refractivity contribution is -0.145. The van der Waals surface area contributed by atoms with Crippen LogP contribution in [0, 0.1) is 0 Å². The number of rotatable bonds is 5. The summed E-state index contributed by atoms with van der Waals surface area (Å²) < 4.78 is 0. The first-order valence-electron chi connectivity index (χ1n) is 9.27. The SMILES string of the molecule is CCN(CC)c1ccc(O)c(/C=N/NC(=O)C(=O)N2CCCCCC2)c1. The van der Waals surface area contributed by atoms with Crippen molar-refractivity contribution in [1.29, 1.82) is 0 Å². The van der Waals surface area contributed by atoms with Gasteiger partial charge < -0.3 is 14.9 Å². The topological polar surface area (TPSA) is 85.2 Å². The van der Waals surface area contributed by atoms with Gasteiger partial charge >= 0.3 is 11.8 Å². The second-order valence-corrected chi connectivity index (χ2v) is 6.32. The van der Waals surface area contributed by atoms with E-state index < -0.39 is 11.8 Å². The molecule has 0 atom stereocenters. The zero-order chi connectivity index (χ0) is 18.9. The molecule has 0 bridgehead atoms. The molecule has 2 N–H and O–H groups in total. The number of likely N-dealkylation sites (tertiary alicyclic amines) is 1. The Morgan fingerprint density at radius 1 is 1.19 bits per heavy atom. The molecule has 1 aromatic carbocycles. The lowest BCUT2D eigenvalue weighted by Gasteiger charge is -2.21. The Hall–Kier alpha value is -2.57. The van der Waals surface area contributed by atoms with Crippen LogP contribution in [0.2, 0.25) is 0 Å². The van der Waals surface area contributed by atoms with Crippen LogP contribution in [0.4, 0.5) is 5.69 Å². The molecular weight excluding hydrogens is 332 g/mol. The molecule has 0 unspecified atom stereocenters. The molecule has 1 saturated heterocycles. The molecule has 0 aromatic heterocycles. The molecule has 1 aliphatic heterocycles. The molecule has 1 aromatic rings. The minimum atomic E-state index is -0.748. The van der Waals surface area contributed by atoms with Gasteiger partial charge in [-0.05, 0) is 44.9 Å². The highest BCUT2D eigenvalue weighted by Gasteiger charge is 2.22. The average Bonchev–Trinajstić information content (AvgIpc) is 2.93. The van der Waals surface area contributed by atoms with E-state index in [0.29, 0.717) is 18.7 Å². The molecule has 0 spiro atoms. The van der Waals surface area contributed by atoms with Gasteiger partial charge in [-0.15, -0.1) is 0 Å². The van der Waals surface area contributed by atoms with Crippen LogP contribution in [0.3, 0.4) is 0 Å². The minimum Gasteiger partial charge on any atom is -0.507 e. The van der Waals surface area contributed by atoms with Crippen LogP contribution in [-0.2, 0) is 9.59 Å². The number of hydrogen-bond donors (Lipinski definition) is 2. The number of phenolic OH excluding ortho intramolecular Hbond substituents is 1. The van der Waals surface area contributed by atoms with Crippen molar-refractivity contribution in [2.45, 2.75) is 39.5 Å². The Morgan fingerprint density at radius 3 is 2.46 bits per heavy atom. The summed E-state index contributed by atoms with van der Waals surface area (Å²) in [5, 5.41) is 13.8. The van der Waals surface area contributed by atoms with Crippen molar-refractivity contribution >= 4 is 23.7 Å². The van der Waals surface area contributed by atoms with Gasteiger partial charge in [-0.1, -0.05) is 12.8 Å². The number of nitrogens with one attached hydrogen (secondary N) is 1. The third kappa shape index (κ3) is 5.21. The summed E-state index contributed by atoms with van der Waals surface area (Å²) in [5.41, 5.74) is 3.71. The molecule has 142 valence electrons. The number of benzene rings is 1. The van der Waals surface area contributed by atoms with Crippen LogP contribution in [-0.4, -0.2) is 54.2 Å². The lowest BCUT2D eigenvalue weighted by Crippen LogP contribution is -2.41. The molecule has 1 fully saturated rings. The third-order valence-electron chi connectivity index (χ3n) is 4.60. The summed E-state index contributed by atoms with van der Waals surface area (Å²) in [5.74, 6) is -1.23. The van der Waals surface area contributed by atoms with Crippen molar-refractivity contribution in [3.05, 3.63) is 23.8 Å². The summed E-state index contributed by atoms with van der Waals surface area (Å²) >= 11 is 0. The standard InChI is InChI=1S/C19H28N4O3/c1-3-22(4-2)16-9-10-17(24)15(13-16)14-20-21-18(25)19(26)23-11-7-5-6-8-12-23/h9-10,13-14,24H,3-8,11-12H2,1-2H3,(H,21,25)/b20-14+. The number of hydrazone groups is 1. The van der Waals surface area contributed by atoms with Gasteiger partial charge in [0.05, 0.1) is 6.21 Å². The first-order valence-corrected chi connectivity index (χ1v) is 9.27. The van der Waals surface area contributed by atoms with E-state index in [1.165, 1.54) is 6.21 Å². The van der Waals surface area contributed by atoms with Gasteiger partial charge in [0.25, 0.3) is 0 Å². The summed E-state index contributed by atoms with van der Waals surface area (Å²) in [7, 11) is 0. The number of nitrogens with zero attached hydrogens (tertiary/aromatic N) is 3. The number of amides is 2. The Balaban J connectivity index is 1.99. The number of carbonyl (C=O) groups is 2. The van der Waals surface area contributed by atoms with E-state index in [9.17, 15) is 14.7 Å². The fourth-order valence-corrected chi connectivity index (χ4v) is 3.06. The van der Waals surface area contributed by atoms with E-state index in [0.717, 1.165) is 44.5 Å². The van der Waals surface area contributed by atoms with Crippen molar-refractivity contribution in [2.75, 3.05) is 31.1 Å². The van der Waals surface area contributed by atoms with Crippen LogP contribution in [0.25, 0.3) is 0 Å². The summed E-state index contributed by atoms with van der Waals surface area (Å²) in [6.07, 6.45) is 5.38. The number of carbonyl (C=O) groups excluding carboxylic acids is 2. The first kappa shape index (κ1) is 19.8. The fraction of sp³-hybridized carbons (Fsp3) is 0.526. The van der Waals surface area contributed by atoms with Crippen molar-refractivity contribution in [3.63, 3.8) is 0 Å². The predicted molar refractivity (Wildman–Crippen MR) is 102 cm³/mol. The van der Waals surface area contributed by atoms with E-state index in [2.05, 4.69) is 29.3 Å². The van der Waals surface area contributed by atoms with Crippen molar-refractivity contribution in [3.8, 4) is 5.75 Å². The van der Waals surface area contributed by atoms with Crippen LogP contribution in [0.1, 0.15) is 45.1 Å². The second kappa shape index (κ2) is 9.79. The molecule has 2 rings (SSSR count).